The van der Waals surface area contributed by atoms with Gasteiger partial charge in [0.2, 0.25) is 11.7 Å². The minimum absolute atomic E-state index is 0.0894. The number of nitrogens with one attached hydrogen (secondary N) is 1. The number of benzene rings is 1. The van der Waals surface area contributed by atoms with Crippen LogP contribution >= 0.6 is 0 Å². The number of halogens is 1. The molecule has 0 aliphatic carbocycles. The first-order valence-electron chi connectivity index (χ1n) is 15.5. The van der Waals surface area contributed by atoms with Crippen LogP contribution in [-0.2, 0) is 22.5 Å². The molecule has 0 unspecified atom stereocenters. The maximum atomic E-state index is 14.4. The number of rotatable bonds is 8. The van der Waals surface area contributed by atoms with E-state index >= 15 is 0 Å². The molecule has 3 aromatic heterocycles. The Balaban J connectivity index is 1.36. The number of piperazine rings is 1. The zero-order valence-corrected chi connectivity index (χ0v) is 26.7. The summed E-state index contributed by atoms with van der Waals surface area (Å²) in [6, 6.07) is 2.45. The van der Waals surface area contributed by atoms with Crippen molar-refractivity contribution in [2.75, 3.05) is 49.6 Å². The van der Waals surface area contributed by atoms with E-state index < -0.39 is 23.2 Å². The molecule has 0 saturated carbocycles. The SMILES string of the molecule is CCc1c(N2CCN(C(=O)c3ncnc(C)c3O)CC2)c(=O)n2nc(C3=CCOCC3)nc2n1CC(=O)Nc1cc(F)c(C=O)cc1C. The maximum absolute atomic E-state index is 14.4. The number of aryl methyl sites for hydroxylation is 2. The van der Waals surface area contributed by atoms with Crippen molar-refractivity contribution in [3.63, 3.8) is 0 Å². The second-order valence-electron chi connectivity index (χ2n) is 11.5. The number of hydrogen-bond donors (Lipinski definition) is 2. The largest absolute Gasteiger partial charge is 0.504 e. The van der Waals surface area contributed by atoms with Gasteiger partial charge in [0.15, 0.2) is 23.6 Å². The first kappa shape index (κ1) is 32.4. The molecule has 48 heavy (non-hydrogen) atoms. The van der Waals surface area contributed by atoms with Gasteiger partial charge in [0, 0.05) is 31.9 Å². The van der Waals surface area contributed by atoms with Crippen LogP contribution in [0.25, 0.3) is 11.4 Å². The van der Waals surface area contributed by atoms with E-state index in [4.69, 9.17) is 9.72 Å². The molecule has 2 aliphatic heterocycles. The van der Waals surface area contributed by atoms with Crippen molar-refractivity contribution in [1.82, 2.24) is 34.0 Å². The number of fused-ring (bicyclic) bond motifs is 1. The zero-order valence-electron chi connectivity index (χ0n) is 26.7. The Kier molecular flexibility index (Phi) is 8.99. The van der Waals surface area contributed by atoms with Gasteiger partial charge >= 0.3 is 0 Å². The topological polar surface area (TPSA) is 177 Å². The molecule has 5 heterocycles. The van der Waals surface area contributed by atoms with Gasteiger partial charge in [0.1, 0.15) is 24.4 Å². The van der Waals surface area contributed by atoms with Crippen LogP contribution in [0.1, 0.15) is 57.0 Å². The Hall–Kier alpha value is -5.51. The van der Waals surface area contributed by atoms with Crippen molar-refractivity contribution in [3.05, 3.63) is 74.7 Å². The van der Waals surface area contributed by atoms with Gasteiger partial charge in [0.05, 0.1) is 30.2 Å². The monoisotopic (exact) mass is 659 g/mol. The maximum Gasteiger partial charge on any atom is 0.299 e. The van der Waals surface area contributed by atoms with Crippen LogP contribution in [0.4, 0.5) is 15.8 Å². The van der Waals surface area contributed by atoms with Crippen molar-refractivity contribution in [1.29, 1.82) is 0 Å². The number of amides is 2. The first-order valence-corrected chi connectivity index (χ1v) is 15.5. The molecule has 2 N–H and O–H groups in total. The minimum Gasteiger partial charge on any atom is -0.504 e. The lowest BCUT2D eigenvalue weighted by atomic mass is 10.1. The standard InChI is InChI=1S/C32H34FN9O6/c1-4-24-27(39-7-9-40(10-8-39)30(46)26-28(45)19(3)34-17-35-26)31(47)42-32(37-29(38-42)20-5-11-48-12-6-20)41(24)15-25(44)36-23-14-22(33)21(16-43)13-18(23)2/h5,13-14,16-17,45H,4,6-12,15H2,1-3H3,(H,36,44). The summed E-state index contributed by atoms with van der Waals surface area (Å²) >= 11 is 0. The van der Waals surface area contributed by atoms with Gasteiger partial charge < -0.3 is 29.5 Å². The number of aromatic hydroxyl groups is 1. The second-order valence-corrected chi connectivity index (χ2v) is 11.5. The predicted octanol–water partition coefficient (Wildman–Crippen LogP) is 1.92. The van der Waals surface area contributed by atoms with Crippen molar-refractivity contribution in [2.45, 2.75) is 40.2 Å². The van der Waals surface area contributed by atoms with Crippen molar-refractivity contribution in [2.24, 2.45) is 0 Å². The van der Waals surface area contributed by atoms with E-state index in [0.717, 1.165) is 11.6 Å². The summed E-state index contributed by atoms with van der Waals surface area (Å²) in [5.41, 5.74) is 2.04. The molecular formula is C32H34FN9O6. The molecule has 1 fully saturated rings. The fourth-order valence-electron chi connectivity index (χ4n) is 5.96. The molecule has 1 aromatic carbocycles. The van der Waals surface area contributed by atoms with Crippen molar-refractivity contribution < 1.29 is 28.6 Å². The average molecular weight is 660 g/mol. The third kappa shape index (κ3) is 6.01. The Morgan fingerprint density at radius 2 is 1.92 bits per heavy atom. The third-order valence-corrected chi connectivity index (χ3v) is 8.55. The number of nitrogens with zero attached hydrogens (tertiary/aromatic N) is 8. The Morgan fingerprint density at radius 1 is 1.15 bits per heavy atom. The summed E-state index contributed by atoms with van der Waals surface area (Å²) in [5.74, 6) is -1.47. The smallest absolute Gasteiger partial charge is 0.299 e. The Morgan fingerprint density at radius 3 is 2.60 bits per heavy atom. The molecule has 6 rings (SSSR count). The van der Waals surface area contributed by atoms with E-state index in [1.165, 1.54) is 16.9 Å². The van der Waals surface area contributed by atoms with E-state index in [1.54, 1.807) is 23.3 Å². The van der Waals surface area contributed by atoms with Crippen LogP contribution < -0.4 is 15.8 Å². The number of carbonyl (C=O) groups excluding carboxylic acids is 3. The lowest BCUT2D eigenvalue weighted by Crippen LogP contribution is -2.51. The Labute approximate surface area is 273 Å². The fourth-order valence-corrected chi connectivity index (χ4v) is 5.96. The minimum atomic E-state index is -0.761. The Bertz CT molecular complexity index is 2030. The third-order valence-electron chi connectivity index (χ3n) is 8.55. The molecule has 0 radical (unpaired) electrons. The predicted molar refractivity (Wildman–Crippen MR) is 172 cm³/mol. The first-order chi connectivity index (χ1) is 23.1. The van der Waals surface area contributed by atoms with Crippen LogP contribution in [0.5, 0.6) is 5.75 Å². The highest BCUT2D eigenvalue weighted by Crippen LogP contribution is 2.26. The molecule has 16 heteroatoms. The molecule has 2 aliphatic rings. The molecule has 0 bridgehead atoms. The molecular weight excluding hydrogens is 625 g/mol. The van der Waals surface area contributed by atoms with Gasteiger partial charge in [-0.15, -0.1) is 5.10 Å². The number of anilines is 2. The highest BCUT2D eigenvalue weighted by Gasteiger charge is 2.30. The number of carbonyl (C=O) groups is 3. The van der Waals surface area contributed by atoms with Gasteiger partial charge in [-0.25, -0.2) is 14.4 Å². The molecule has 4 aromatic rings. The fraction of sp³-hybridized carbons (Fsp3) is 0.375. The normalized spacial score (nSPS) is 15.0. The van der Waals surface area contributed by atoms with Crippen LogP contribution in [0, 0.1) is 19.7 Å². The lowest BCUT2D eigenvalue weighted by molar-refractivity contribution is -0.116. The van der Waals surface area contributed by atoms with Crippen LogP contribution in [0.3, 0.4) is 0 Å². The summed E-state index contributed by atoms with van der Waals surface area (Å²) in [6.45, 7) is 6.71. The number of aldehydes is 1. The van der Waals surface area contributed by atoms with Crippen molar-refractivity contribution in [3.8, 4) is 5.75 Å². The van der Waals surface area contributed by atoms with Gasteiger partial charge in [-0.05, 0) is 50.0 Å². The summed E-state index contributed by atoms with van der Waals surface area (Å²) in [5, 5.41) is 17.6. The van der Waals surface area contributed by atoms with E-state index in [1.807, 2.05) is 17.9 Å². The van der Waals surface area contributed by atoms with E-state index in [-0.39, 0.29) is 61.2 Å². The summed E-state index contributed by atoms with van der Waals surface area (Å²) < 4.78 is 22.7. The van der Waals surface area contributed by atoms with E-state index in [0.29, 0.717) is 60.8 Å². The molecule has 250 valence electrons. The molecule has 2 amide bonds. The molecule has 0 atom stereocenters. The number of aromatic nitrogens is 6. The summed E-state index contributed by atoms with van der Waals surface area (Å²) in [4.78, 5) is 68.1. The molecule has 0 spiro atoms. The highest BCUT2D eigenvalue weighted by atomic mass is 19.1. The lowest BCUT2D eigenvalue weighted by Gasteiger charge is -2.36. The van der Waals surface area contributed by atoms with Crippen LogP contribution in [0.15, 0.2) is 29.3 Å². The van der Waals surface area contributed by atoms with Crippen LogP contribution in [-0.4, -0.2) is 96.6 Å². The van der Waals surface area contributed by atoms with Crippen LogP contribution in [0.2, 0.25) is 0 Å². The van der Waals surface area contributed by atoms with Gasteiger partial charge in [-0.1, -0.05) is 13.0 Å². The number of hydrogen-bond acceptors (Lipinski definition) is 11. The van der Waals surface area contributed by atoms with Gasteiger partial charge in [-0.2, -0.15) is 9.50 Å². The van der Waals surface area contributed by atoms with Crippen molar-refractivity contribution >= 4 is 40.8 Å². The molecule has 15 nitrogen and oxygen atoms in total. The second kappa shape index (κ2) is 13.3. The number of ether oxygens (including phenoxy) is 1. The summed E-state index contributed by atoms with van der Waals surface area (Å²) in [6.07, 6.45) is 4.39. The van der Waals surface area contributed by atoms with E-state index in [9.17, 15) is 28.7 Å². The quantitative estimate of drug-likeness (QED) is 0.264. The average Bonchev–Trinajstić information content (AvgIpc) is 3.55. The van der Waals surface area contributed by atoms with Gasteiger partial charge in [0.25, 0.3) is 11.5 Å². The highest BCUT2D eigenvalue weighted by molar-refractivity contribution is 5.95. The summed E-state index contributed by atoms with van der Waals surface area (Å²) in [7, 11) is 0. The molecule has 1 saturated heterocycles. The van der Waals surface area contributed by atoms with Gasteiger partial charge in [-0.3, -0.25) is 19.2 Å². The zero-order chi connectivity index (χ0) is 34.1. The van der Waals surface area contributed by atoms with E-state index in [2.05, 4.69) is 20.4 Å².